The lowest BCUT2D eigenvalue weighted by molar-refractivity contribution is 0.658. The van der Waals surface area contributed by atoms with Gasteiger partial charge in [-0.3, -0.25) is 4.68 Å². The number of rotatable bonds is 2. The Bertz CT molecular complexity index is 489. The molecule has 0 unspecified atom stereocenters. The molecule has 0 radical (unpaired) electrons. The number of aromatic nitrogens is 2. The van der Waals surface area contributed by atoms with Crippen LogP contribution in [0, 0.1) is 27.7 Å². The van der Waals surface area contributed by atoms with Crippen molar-refractivity contribution in [1.29, 1.82) is 0 Å². The van der Waals surface area contributed by atoms with Gasteiger partial charge in [0.15, 0.2) is 0 Å². The fourth-order valence-corrected chi connectivity index (χ4v) is 2.17. The largest absolute Gasteiger partial charge is 0.265 e. The Morgan fingerprint density at radius 1 is 0.938 bits per heavy atom. The molecule has 0 bridgehead atoms. The maximum Gasteiger partial charge on any atom is 0.0662 e. The maximum atomic E-state index is 4.48. The first-order valence-electron chi connectivity index (χ1n) is 5.63. The third-order valence-electron chi connectivity index (χ3n) is 2.72. The van der Waals surface area contributed by atoms with Crippen molar-refractivity contribution in [2.24, 2.45) is 0 Å². The molecule has 16 heavy (non-hydrogen) atoms. The van der Waals surface area contributed by atoms with Crippen molar-refractivity contribution in [1.82, 2.24) is 9.78 Å². The van der Waals surface area contributed by atoms with Gasteiger partial charge in [0, 0.05) is 5.69 Å². The molecule has 1 aromatic carbocycles. The first kappa shape index (κ1) is 10.9. The van der Waals surface area contributed by atoms with Crippen LogP contribution < -0.4 is 0 Å². The second kappa shape index (κ2) is 4.12. The van der Waals surface area contributed by atoms with Crippen LogP contribution in [0.3, 0.4) is 0 Å². The van der Waals surface area contributed by atoms with Crippen molar-refractivity contribution in [3.05, 3.63) is 52.3 Å². The predicted octanol–water partition coefficient (Wildman–Crippen LogP) is 3.17. The predicted molar refractivity (Wildman–Crippen MR) is 66.7 cm³/mol. The van der Waals surface area contributed by atoms with Gasteiger partial charge in [-0.25, -0.2) is 0 Å². The Hall–Kier alpha value is -1.57. The van der Waals surface area contributed by atoms with Crippen molar-refractivity contribution in [2.75, 3.05) is 0 Å². The van der Waals surface area contributed by atoms with E-state index in [0.717, 1.165) is 12.2 Å². The first-order chi connectivity index (χ1) is 7.54. The fraction of sp³-hybridized carbons (Fsp3) is 0.357. The molecule has 2 rings (SSSR count). The number of aryl methyl sites for hydroxylation is 4. The van der Waals surface area contributed by atoms with Crippen LogP contribution in [-0.2, 0) is 6.54 Å². The summed E-state index contributed by atoms with van der Waals surface area (Å²) in [6.45, 7) is 9.27. The molecule has 0 amide bonds. The third kappa shape index (κ3) is 2.32. The third-order valence-corrected chi connectivity index (χ3v) is 2.72. The van der Waals surface area contributed by atoms with Gasteiger partial charge in [0.25, 0.3) is 0 Å². The maximum absolute atomic E-state index is 4.48. The monoisotopic (exact) mass is 214 g/mol. The SMILES string of the molecule is Cc1cc(C)cc(Cn2nc(C)cc2C)c1. The van der Waals surface area contributed by atoms with E-state index in [2.05, 4.69) is 54.8 Å². The molecule has 1 aromatic heterocycles. The van der Waals surface area contributed by atoms with E-state index < -0.39 is 0 Å². The van der Waals surface area contributed by atoms with E-state index >= 15 is 0 Å². The van der Waals surface area contributed by atoms with E-state index in [1.54, 1.807) is 0 Å². The molecule has 0 N–H and O–H groups in total. The Kier molecular flexibility index (Phi) is 2.82. The van der Waals surface area contributed by atoms with Crippen LogP contribution in [0.5, 0.6) is 0 Å². The van der Waals surface area contributed by atoms with E-state index in [4.69, 9.17) is 0 Å². The average Bonchev–Trinajstić information content (AvgIpc) is 2.43. The van der Waals surface area contributed by atoms with Gasteiger partial charge in [-0.1, -0.05) is 29.3 Å². The molecule has 84 valence electrons. The lowest BCUT2D eigenvalue weighted by Gasteiger charge is -2.07. The summed E-state index contributed by atoms with van der Waals surface area (Å²) in [7, 11) is 0. The lowest BCUT2D eigenvalue weighted by Crippen LogP contribution is -2.04. The fourth-order valence-electron chi connectivity index (χ4n) is 2.17. The standard InChI is InChI=1S/C14H18N2/c1-10-5-11(2)7-14(6-10)9-16-13(4)8-12(3)15-16/h5-8H,9H2,1-4H3. The summed E-state index contributed by atoms with van der Waals surface area (Å²) in [5.41, 5.74) is 6.26. The molecule has 0 aliphatic heterocycles. The molecular weight excluding hydrogens is 196 g/mol. The molecule has 1 heterocycles. The summed E-state index contributed by atoms with van der Waals surface area (Å²) in [5.74, 6) is 0. The quantitative estimate of drug-likeness (QED) is 0.751. The van der Waals surface area contributed by atoms with Crippen LogP contribution in [0.2, 0.25) is 0 Å². The Labute approximate surface area is 96.9 Å². The molecule has 0 saturated heterocycles. The van der Waals surface area contributed by atoms with Gasteiger partial charge in [0.05, 0.1) is 12.2 Å². The molecule has 2 aromatic rings. The van der Waals surface area contributed by atoms with Gasteiger partial charge < -0.3 is 0 Å². The van der Waals surface area contributed by atoms with Crippen LogP contribution in [0.15, 0.2) is 24.3 Å². The van der Waals surface area contributed by atoms with Gasteiger partial charge in [0.2, 0.25) is 0 Å². The molecule has 0 aliphatic carbocycles. The highest BCUT2D eigenvalue weighted by Crippen LogP contribution is 2.11. The first-order valence-corrected chi connectivity index (χ1v) is 5.63. The highest BCUT2D eigenvalue weighted by atomic mass is 15.3. The zero-order chi connectivity index (χ0) is 11.7. The minimum Gasteiger partial charge on any atom is -0.265 e. The summed E-state index contributed by atoms with van der Waals surface area (Å²) < 4.78 is 2.06. The van der Waals surface area contributed by atoms with E-state index in [1.807, 2.05) is 6.92 Å². The number of hydrogen-bond donors (Lipinski definition) is 0. The smallest absolute Gasteiger partial charge is 0.0662 e. The van der Waals surface area contributed by atoms with E-state index in [-0.39, 0.29) is 0 Å². The molecule has 0 atom stereocenters. The number of benzene rings is 1. The lowest BCUT2D eigenvalue weighted by atomic mass is 10.1. The summed E-state index contributed by atoms with van der Waals surface area (Å²) in [5, 5.41) is 4.48. The van der Waals surface area contributed by atoms with Crippen molar-refractivity contribution in [3.63, 3.8) is 0 Å². The summed E-state index contributed by atoms with van der Waals surface area (Å²) in [4.78, 5) is 0. The molecule has 2 nitrogen and oxygen atoms in total. The number of nitrogens with zero attached hydrogens (tertiary/aromatic N) is 2. The normalized spacial score (nSPS) is 10.8. The zero-order valence-corrected chi connectivity index (χ0v) is 10.4. The molecule has 0 aliphatic rings. The zero-order valence-electron chi connectivity index (χ0n) is 10.4. The molecule has 0 fully saturated rings. The van der Waals surface area contributed by atoms with Crippen molar-refractivity contribution < 1.29 is 0 Å². The van der Waals surface area contributed by atoms with E-state index in [9.17, 15) is 0 Å². The van der Waals surface area contributed by atoms with Gasteiger partial charge in [-0.2, -0.15) is 5.10 Å². The Morgan fingerprint density at radius 2 is 1.56 bits per heavy atom. The minimum absolute atomic E-state index is 0.863. The van der Waals surface area contributed by atoms with Crippen LogP contribution in [0.4, 0.5) is 0 Å². The van der Waals surface area contributed by atoms with E-state index in [1.165, 1.54) is 22.4 Å². The highest BCUT2D eigenvalue weighted by molar-refractivity contribution is 5.28. The Morgan fingerprint density at radius 3 is 2.06 bits per heavy atom. The van der Waals surface area contributed by atoms with Gasteiger partial charge in [-0.05, 0) is 39.3 Å². The number of hydrogen-bond acceptors (Lipinski definition) is 1. The Balaban J connectivity index is 2.30. The highest BCUT2D eigenvalue weighted by Gasteiger charge is 2.02. The average molecular weight is 214 g/mol. The molecule has 0 saturated carbocycles. The van der Waals surface area contributed by atoms with Crippen LogP contribution in [0.25, 0.3) is 0 Å². The van der Waals surface area contributed by atoms with Crippen LogP contribution >= 0.6 is 0 Å². The van der Waals surface area contributed by atoms with Crippen molar-refractivity contribution in [3.8, 4) is 0 Å². The topological polar surface area (TPSA) is 17.8 Å². The van der Waals surface area contributed by atoms with Crippen molar-refractivity contribution >= 4 is 0 Å². The molecule has 0 spiro atoms. The van der Waals surface area contributed by atoms with E-state index in [0.29, 0.717) is 0 Å². The summed E-state index contributed by atoms with van der Waals surface area (Å²) in [6, 6.07) is 8.76. The van der Waals surface area contributed by atoms with Crippen molar-refractivity contribution in [2.45, 2.75) is 34.2 Å². The molecular formula is C14H18N2. The van der Waals surface area contributed by atoms with Crippen LogP contribution in [0.1, 0.15) is 28.1 Å². The minimum atomic E-state index is 0.863. The van der Waals surface area contributed by atoms with Gasteiger partial charge in [-0.15, -0.1) is 0 Å². The van der Waals surface area contributed by atoms with Gasteiger partial charge >= 0.3 is 0 Å². The molecule has 2 heteroatoms. The van der Waals surface area contributed by atoms with Crippen LogP contribution in [-0.4, -0.2) is 9.78 Å². The second-order valence-electron chi connectivity index (χ2n) is 4.58. The van der Waals surface area contributed by atoms with Gasteiger partial charge in [0.1, 0.15) is 0 Å². The summed E-state index contributed by atoms with van der Waals surface area (Å²) in [6.07, 6.45) is 0. The summed E-state index contributed by atoms with van der Waals surface area (Å²) >= 11 is 0. The second-order valence-corrected chi connectivity index (χ2v) is 4.58.